The highest BCUT2D eigenvalue weighted by molar-refractivity contribution is 7.99. The van der Waals surface area contributed by atoms with Crippen molar-refractivity contribution in [1.82, 2.24) is 14.9 Å². The van der Waals surface area contributed by atoms with Gasteiger partial charge in [0.25, 0.3) is 5.95 Å². The molecular weight excluding hydrogens is 386 g/mol. The number of nitrogens with one attached hydrogen (secondary N) is 2. The minimum absolute atomic E-state index is 0.149. The van der Waals surface area contributed by atoms with Crippen LogP contribution in [-0.4, -0.2) is 32.7 Å². The number of nitrogen functional groups attached to an aromatic ring is 1. The lowest BCUT2D eigenvalue weighted by molar-refractivity contribution is -0.113. The van der Waals surface area contributed by atoms with Crippen molar-refractivity contribution < 1.29 is 4.79 Å². The third-order valence-corrected chi connectivity index (χ3v) is 4.46. The second kappa shape index (κ2) is 9.06. The average molecular weight is 402 g/mol. The van der Waals surface area contributed by atoms with Crippen molar-refractivity contribution in [3.63, 3.8) is 0 Å². The molecule has 0 radical (unpaired) electrons. The smallest absolute Gasteiger partial charge is 0.264 e. The van der Waals surface area contributed by atoms with Gasteiger partial charge >= 0.3 is 0 Å². The highest BCUT2D eigenvalue weighted by atomic mass is 35.5. The van der Waals surface area contributed by atoms with Crippen LogP contribution < -0.4 is 16.6 Å². The van der Waals surface area contributed by atoms with Crippen molar-refractivity contribution >= 4 is 47.1 Å². The van der Waals surface area contributed by atoms with E-state index in [1.165, 1.54) is 16.4 Å². The molecule has 0 aliphatic rings. The van der Waals surface area contributed by atoms with E-state index in [-0.39, 0.29) is 17.6 Å². The number of aromatic nitrogens is 3. The molecule has 10 heteroatoms. The van der Waals surface area contributed by atoms with E-state index in [9.17, 15) is 4.79 Å². The maximum absolute atomic E-state index is 12.0. The summed E-state index contributed by atoms with van der Waals surface area (Å²) in [4.78, 5) is 12.0. The fourth-order valence-electron chi connectivity index (χ4n) is 2.05. The Morgan fingerprint density at radius 2 is 2.04 bits per heavy atom. The first-order chi connectivity index (χ1) is 13.1. The van der Waals surface area contributed by atoms with Crippen LogP contribution in [0, 0.1) is 0 Å². The van der Waals surface area contributed by atoms with Crippen molar-refractivity contribution in [3.05, 3.63) is 65.2 Å². The summed E-state index contributed by atoms with van der Waals surface area (Å²) in [5.41, 5.74) is 4.26. The van der Waals surface area contributed by atoms with E-state index >= 15 is 0 Å². The van der Waals surface area contributed by atoms with Crippen LogP contribution in [0.4, 0.5) is 11.6 Å². The molecule has 0 bridgehead atoms. The molecule has 0 unspecified atom stereocenters. The van der Waals surface area contributed by atoms with Gasteiger partial charge in [0.2, 0.25) is 11.1 Å². The second-order valence-electron chi connectivity index (χ2n) is 5.30. The number of anilines is 2. The predicted molar refractivity (Wildman–Crippen MR) is 109 cm³/mol. The number of hydrogen-bond donors (Lipinski definition) is 3. The molecule has 27 heavy (non-hydrogen) atoms. The molecular formula is C17H16ClN7OS. The summed E-state index contributed by atoms with van der Waals surface area (Å²) < 4.78 is 1.23. The lowest BCUT2D eigenvalue weighted by Gasteiger charge is -2.05. The first kappa shape index (κ1) is 18.7. The summed E-state index contributed by atoms with van der Waals surface area (Å²) in [6.45, 7) is 0. The van der Waals surface area contributed by atoms with Gasteiger partial charge in [-0.3, -0.25) is 4.79 Å². The number of halogens is 1. The van der Waals surface area contributed by atoms with Crippen LogP contribution in [0.3, 0.4) is 0 Å². The molecule has 0 aliphatic carbocycles. The molecule has 1 heterocycles. The number of para-hydroxylation sites is 1. The number of hydrogen-bond acceptors (Lipinski definition) is 7. The van der Waals surface area contributed by atoms with E-state index < -0.39 is 0 Å². The number of amides is 1. The normalized spacial score (nSPS) is 10.9. The number of hydrazone groups is 1. The summed E-state index contributed by atoms with van der Waals surface area (Å²) >= 11 is 7.09. The van der Waals surface area contributed by atoms with Gasteiger partial charge in [0, 0.05) is 10.7 Å². The van der Waals surface area contributed by atoms with Crippen LogP contribution in [0.15, 0.2) is 64.9 Å². The van der Waals surface area contributed by atoms with Crippen LogP contribution in [0.2, 0.25) is 5.02 Å². The number of rotatable bonds is 7. The Morgan fingerprint density at radius 3 is 2.81 bits per heavy atom. The average Bonchev–Trinajstić information content (AvgIpc) is 3.01. The minimum atomic E-state index is -0.164. The zero-order valence-electron chi connectivity index (χ0n) is 14.0. The summed E-state index contributed by atoms with van der Waals surface area (Å²) in [7, 11) is 0. The van der Waals surface area contributed by atoms with Gasteiger partial charge in [-0.1, -0.05) is 53.7 Å². The molecule has 0 saturated heterocycles. The van der Waals surface area contributed by atoms with Crippen molar-refractivity contribution in [1.29, 1.82) is 0 Å². The van der Waals surface area contributed by atoms with E-state index in [2.05, 4.69) is 26.0 Å². The second-order valence-corrected chi connectivity index (χ2v) is 6.68. The minimum Gasteiger partial charge on any atom is -0.334 e. The Bertz CT molecular complexity index is 945. The molecule has 0 aliphatic heterocycles. The molecule has 3 aromatic rings. The number of carbonyl (C=O) groups is 1. The van der Waals surface area contributed by atoms with E-state index in [0.29, 0.717) is 10.2 Å². The van der Waals surface area contributed by atoms with Gasteiger partial charge < -0.3 is 11.2 Å². The summed E-state index contributed by atoms with van der Waals surface area (Å²) in [6, 6.07) is 16.4. The van der Waals surface area contributed by atoms with Crippen LogP contribution in [-0.2, 0) is 4.79 Å². The fraction of sp³-hybridized carbons (Fsp3) is 0.0588. The molecule has 4 N–H and O–H groups in total. The van der Waals surface area contributed by atoms with Crippen LogP contribution in [0.5, 0.6) is 0 Å². The van der Waals surface area contributed by atoms with Crippen LogP contribution in [0.25, 0.3) is 0 Å². The van der Waals surface area contributed by atoms with Crippen molar-refractivity contribution in [2.45, 2.75) is 5.16 Å². The molecule has 138 valence electrons. The summed E-state index contributed by atoms with van der Waals surface area (Å²) in [5, 5.41) is 15.7. The number of carbonyl (C=O) groups excluding carboxylic acids is 1. The van der Waals surface area contributed by atoms with Gasteiger partial charge in [-0.2, -0.15) is 5.10 Å². The molecule has 0 atom stereocenters. The maximum Gasteiger partial charge on any atom is 0.264 e. The fourth-order valence-corrected chi connectivity index (χ4v) is 2.91. The van der Waals surface area contributed by atoms with Gasteiger partial charge in [0.05, 0.1) is 12.0 Å². The van der Waals surface area contributed by atoms with E-state index in [4.69, 9.17) is 17.4 Å². The summed E-state index contributed by atoms with van der Waals surface area (Å²) in [5.74, 6) is 6.16. The number of benzene rings is 2. The van der Waals surface area contributed by atoms with Crippen molar-refractivity contribution in [2.75, 3.05) is 22.3 Å². The molecule has 0 fully saturated rings. The quantitative estimate of drug-likeness (QED) is 0.243. The Morgan fingerprint density at radius 1 is 1.22 bits per heavy atom. The first-order valence-corrected chi connectivity index (χ1v) is 9.21. The van der Waals surface area contributed by atoms with Gasteiger partial charge in [-0.25, -0.2) is 10.1 Å². The number of thioether (sulfide) groups is 1. The third kappa shape index (κ3) is 5.47. The van der Waals surface area contributed by atoms with Crippen molar-refractivity contribution in [2.24, 2.45) is 5.10 Å². The molecule has 8 nitrogen and oxygen atoms in total. The van der Waals surface area contributed by atoms with Crippen LogP contribution in [0.1, 0.15) is 5.56 Å². The molecule has 3 rings (SSSR count). The SMILES string of the molecule is Nn1c(N/N=C/c2cccc(Cl)c2)nnc1SCC(=O)Nc1ccccc1. The predicted octanol–water partition coefficient (Wildman–Crippen LogP) is 2.82. The van der Waals surface area contributed by atoms with Gasteiger partial charge in [-0.05, 0) is 29.8 Å². The van der Waals surface area contributed by atoms with Crippen LogP contribution >= 0.6 is 23.4 Å². The molecule has 2 aromatic carbocycles. The third-order valence-electron chi connectivity index (χ3n) is 3.28. The zero-order valence-corrected chi connectivity index (χ0v) is 15.6. The Balaban J connectivity index is 1.53. The lowest BCUT2D eigenvalue weighted by atomic mass is 10.2. The standard InChI is InChI=1S/C17H16ClN7OS/c18-13-6-4-5-12(9-13)10-20-22-16-23-24-17(25(16)19)27-11-15(26)21-14-7-2-1-3-8-14/h1-10H,11,19H2,(H,21,26)(H,22,23)/b20-10+. The first-order valence-electron chi connectivity index (χ1n) is 7.84. The van der Waals surface area contributed by atoms with E-state index in [1.807, 2.05) is 42.5 Å². The lowest BCUT2D eigenvalue weighted by Crippen LogP contribution is -2.16. The zero-order chi connectivity index (χ0) is 19.1. The highest BCUT2D eigenvalue weighted by Gasteiger charge is 2.12. The Hall–Kier alpha value is -3.04. The highest BCUT2D eigenvalue weighted by Crippen LogP contribution is 2.17. The number of nitrogens with zero attached hydrogens (tertiary/aromatic N) is 4. The molecule has 1 aromatic heterocycles. The summed E-state index contributed by atoms with van der Waals surface area (Å²) in [6.07, 6.45) is 1.58. The topological polar surface area (TPSA) is 110 Å². The maximum atomic E-state index is 12.0. The molecule has 1 amide bonds. The van der Waals surface area contributed by atoms with Gasteiger partial charge in [-0.15, -0.1) is 10.2 Å². The molecule has 0 spiro atoms. The van der Waals surface area contributed by atoms with E-state index in [0.717, 1.165) is 11.3 Å². The number of nitrogens with two attached hydrogens (primary N) is 1. The molecule has 0 saturated carbocycles. The Labute approximate surface area is 164 Å². The van der Waals surface area contributed by atoms with Gasteiger partial charge in [0.15, 0.2) is 0 Å². The largest absolute Gasteiger partial charge is 0.334 e. The van der Waals surface area contributed by atoms with Gasteiger partial charge in [0.1, 0.15) is 0 Å². The Kier molecular flexibility index (Phi) is 6.29. The van der Waals surface area contributed by atoms with Crippen molar-refractivity contribution in [3.8, 4) is 0 Å². The van der Waals surface area contributed by atoms with E-state index in [1.54, 1.807) is 18.3 Å². The monoisotopic (exact) mass is 401 g/mol.